The zero-order valence-corrected chi connectivity index (χ0v) is 14.8. The summed E-state index contributed by atoms with van der Waals surface area (Å²) in [6.45, 7) is 0.619. The highest BCUT2D eigenvalue weighted by atomic mass is 127. The Morgan fingerprint density at radius 3 is 2.67 bits per heavy atom. The lowest BCUT2D eigenvalue weighted by Crippen LogP contribution is -2.32. The molecule has 0 bridgehead atoms. The van der Waals surface area contributed by atoms with Crippen molar-refractivity contribution in [3.8, 4) is 11.8 Å². The first-order chi connectivity index (χ1) is 11.6. The van der Waals surface area contributed by atoms with E-state index in [2.05, 4.69) is 33.2 Å². The molecule has 1 amide bonds. The zero-order chi connectivity index (χ0) is 17.4. The van der Waals surface area contributed by atoms with Crippen LogP contribution in [0.1, 0.15) is 5.56 Å². The predicted molar refractivity (Wildman–Crippen MR) is 97.3 cm³/mol. The van der Waals surface area contributed by atoms with E-state index < -0.39 is 5.82 Å². The van der Waals surface area contributed by atoms with Gasteiger partial charge in [0, 0.05) is 16.7 Å². The Morgan fingerprint density at radius 1 is 1.21 bits per heavy atom. The summed E-state index contributed by atoms with van der Waals surface area (Å²) >= 11 is 2.19. The summed E-state index contributed by atoms with van der Waals surface area (Å²) in [6, 6.07) is 13.6. The molecule has 2 aromatic rings. The topological polar surface area (TPSA) is 74.2 Å². The number of carbonyl (C=O) groups is 1. The van der Waals surface area contributed by atoms with Gasteiger partial charge in [-0.2, -0.15) is 5.26 Å². The molecule has 2 aromatic carbocycles. The number of nitriles is 1. The van der Waals surface area contributed by atoms with E-state index in [-0.39, 0.29) is 18.1 Å². The first-order valence-electron chi connectivity index (χ1n) is 7.17. The number of amides is 1. The van der Waals surface area contributed by atoms with Crippen molar-refractivity contribution in [2.24, 2.45) is 0 Å². The van der Waals surface area contributed by atoms with Gasteiger partial charge in [-0.15, -0.1) is 0 Å². The van der Waals surface area contributed by atoms with E-state index in [9.17, 15) is 9.18 Å². The van der Waals surface area contributed by atoms with Gasteiger partial charge in [0.15, 0.2) is 6.61 Å². The van der Waals surface area contributed by atoms with Gasteiger partial charge in [0.1, 0.15) is 23.2 Å². The van der Waals surface area contributed by atoms with Crippen LogP contribution < -0.4 is 15.4 Å². The van der Waals surface area contributed by atoms with Gasteiger partial charge < -0.3 is 15.4 Å². The largest absolute Gasteiger partial charge is 0.484 e. The number of nitrogens with zero attached hydrogens (tertiary/aromatic N) is 1. The Kier molecular flexibility index (Phi) is 6.81. The van der Waals surface area contributed by atoms with Crippen LogP contribution in [0.25, 0.3) is 0 Å². The highest BCUT2D eigenvalue weighted by molar-refractivity contribution is 14.1. The SMILES string of the molecule is N#Cc1c(F)cccc1NCCNC(=O)COc1ccc(I)cc1. The van der Waals surface area contributed by atoms with Crippen LogP contribution >= 0.6 is 22.6 Å². The molecule has 0 spiro atoms. The molecular weight excluding hydrogens is 424 g/mol. The minimum atomic E-state index is -0.572. The molecule has 0 aliphatic heterocycles. The lowest BCUT2D eigenvalue weighted by Gasteiger charge is -2.10. The number of carbonyl (C=O) groups excluding carboxylic acids is 1. The van der Waals surface area contributed by atoms with E-state index in [1.54, 1.807) is 18.2 Å². The number of rotatable bonds is 7. The standard InChI is InChI=1S/C17H15FIN3O2/c18-15-2-1-3-16(14(15)10-20)21-8-9-22-17(23)11-24-13-6-4-12(19)5-7-13/h1-7,21H,8-9,11H2,(H,22,23). The van der Waals surface area contributed by atoms with Crippen molar-refractivity contribution >= 4 is 34.2 Å². The Labute approximate surface area is 153 Å². The number of hydrogen-bond acceptors (Lipinski definition) is 4. The van der Waals surface area contributed by atoms with Gasteiger partial charge in [-0.25, -0.2) is 4.39 Å². The number of halogens is 2. The van der Waals surface area contributed by atoms with Crippen molar-refractivity contribution in [2.75, 3.05) is 25.0 Å². The minimum Gasteiger partial charge on any atom is -0.484 e. The van der Waals surface area contributed by atoms with Crippen LogP contribution in [0.5, 0.6) is 5.75 Å². The van der Waals surface area contributed by atoms with Crippen molar-refractivity contribution in [2.45, 2.75) is 0 Å². The van der Waals surface area contributed by atoms with Crippen LogP contribution in [0.3, 0.4) is 0 Å². The molecule has 2 rings (SSSR count). The van der Waals surface area contributed by atoms with Crippen LogP contribution in [0.4, 0.5) is 10.1 Å². The molecule has 0 fully saturated rings. The second-order valence-electron chi connectivity index (χ2n) is 4.79. The number of anilines is 1. The molecule has 0 saturated heterocycles. The van der Waals surface area contributed by atoms with E-state index >= 15 is 0 Å². The quantitative estimate of drug-likeness (QED) is 0.514. The number of ether oxygens (including phenoxy) is 1. The van der Waals surface area contributed by atoms with E-state index in [4.69, 9.17) is 10.00 Å². The van der Waals surface area contributed by atoms with Crippen molar-refractivity contribution in [3.63, 3.8) is 0 Å². The molecule has 0 unspecified atom stereocenters. The number of benzene rings is 2. The van der Waals surface area contributed by atoms with Crippen molar-refractivity contribution in [1.82, 2.24) is 5.32 Å². The maximum absolute atomic E-state index is 13.4. The molecule has 124 valence electrons. The van der Waals surface area contributed by atoms with Crippen molar-refractivity contribution < 1.29 is 13.9 Å². The van der Waals surface area contributed by atoms with Crippen LogP contribution in [-0.2, 0) is 4.79 Å². The summed E-state index contributed by atoms with van der Waals surface area (Å²) in [5.74, 6) is -0.199. The molecular formula is C17H15FIN3O2. The third kappa shape index (κ3) is 5.38. The molecule has 0 aliphatic carbocycles. The van der Waals surface area contributed by atoms with E-state index in [1.165, 1.54) is 12.1 Å². The Hall–Kier alpha value is -2.34. The molecule has 24 heavy (non-hydrogen) atoms. The Morgan fingerprint density at radius 2 is 1.96 bits per heavy atom. The molecule has 0 aliphatic rings. The summed E-state index contributed by atoms with van der Waals surface area (Å²) in [5.41, 5.74) is 0.368. The van der Waals surface area contributed by atoms with Gasteiger partial charge in [-0.05, 0) is 59.0 Å². The molecule has 2 N–H and O–H groups in total. The summed E-state index contributed by atoms with van der Waals surface area (Å²) in [5, 5.41) is 14.5. The zero-order valence-electron chi connectivity index (χ0n) is 12.7. The number of hydrogen-bond donors (Lipinski definition) is 2. The van der Waals surface area contributed by atoms with Gasteiger partial charge in [0.2, 0.25) is 0 Å². The smallest absolute Gasteiger partial charge is 0.258 e. The molecule has 0 saturated carbocycles. The fourth-order valence-electron chi connectivity index (χ4n) is 1.91. The third-order valence-corrected chi connectivity index (χ3v) is 3.79. The molecule has 0 aromatic heterocycles. The second-order valence-corrected chi connectivity index (χ2v) is 6.04. The lowest BCUT2D eigenvalue weighted by molar-refractivity contribution is -0.123. The first kappa shape index (κ1) is 18.0. The fraction of sp³-hybridized carbons (Fsp3) is 0.176. The van der Waals surface area contributed by atoms with Crippen LogP contribution in [0, 0.1) is 20.7 Å². The minimum absolute atomic E-state index is 0.0362. The predicted octanol–water partition coefficient (Wildman–Crippen LogP) is 2.91. The van der Waals surface area contributed by atoms with Gasteiger partial charge in [-0.1, -0.05) is 6.07 Å². The van der Waals surface area contributed by atoms with E-state index in [0.717, 1.165) is 3.57 Å². The Bertz CT molecular complexity index is 744. The summed E-state index contributed by atoms with van der Waals surface area (Å²) < 4.78 is 19.9. The Balaban J connectivity index is 1.71. The van der Waals surface area contributed by atoms with Gasteiger partial charge in [-0.3, -0.25) is 4.79 Å². The third-order valence-electron chi connectivity index (χ3n) is 3.07. The number of nitrogens with one attached hydrogen (secondary N) is 2. The van der Waals surface area contributed by atoms with Gasteiger partial charge in [0.05, 0.1) is 5.69 Å². The van der Waals surface area contributed by atoms with Crippen molar-refractivity contribution in [3.05, 3.63) is 57.4 Å². The maximum atomic E-state index is 13.4. The van der Waals surface area contributed by atoms with E-state index in [0.29, 0.717) is 24.5 Å². The highest BCUT2D eigenvalue weighted by Gasteiger charge is 2.07. The van der Waals surface area contributed by atoms with Gasteiger partial charge in [0.25, 0.3) is 5.91 Å². The summed E-state index contributed by atoms with van der Waals surface area (Å²) in [7, 11) is 0. The van der Waals surface area contributed by atoms with Gasteiger partial charge >= 0.3 is 0 Å². The highest BCUT2D eigenvalue weighted by Crippen LogP contribution is 2.17. The molecule has 0 radical (unpaired) electrons. The lowest BCUT2D eigenvalue weighted by atomic mass is 10.2. The maximum Gasteiger partial charge on any atom is 0.258 e. The van der Waals surface area contributed by atoms with Crippen molar-refractivity contribution in [1.29, 1.82) is 5.26 Å². The molecule has 0 heterocycles. The molecule has 0 atom stereocenters. The summed E-state index contributed by atoms with van der Waals surface area (Å²) in [4.78, 5) is 11.7. The first-order valence-corrected chi connectivity index (χ1v) is 8.25. The fourth-order valence-corrected chi connectivity index (χ4v) is 2.27. The average molecular weight is 439 g/mol. The molecule has 5 nitrogen and oxygen atoms in total. The van der Waals surface area contributed by atoms with Crippen LogP contribution in [0.15, 0.2) is 42.5 Å². The normalized spacial score (nSPS) is 9.88. The average Bonchev–Trinajstić information content (AvgIpc) is 2.58. The molecule has 7 heteroatoms. The second kappa shape index (κ2) is 9.08. The van der Waals surface area contributed by atoms with Crippen LogP contribution in [-0.4, -0.2) is 25.6 Å². The monoisotopic (exact) mass is 439 g/mol. The summed E-state index contributed by atoms with van der Waals surface area (Å²) in [6.07, 6.45) is 0. The van der Waals surface area contributed by atoms with E-state index in [1.807, 2.05) is 18.2 Å². The van der Waals surface area contributed by atoms with Crippen LogP contribution in [0.2, 0.25) is 0 Å².